The van der Waals surface area contributed by atoms with E-state index in [0.29, 0.717) is 22.3 Å². The fraction of sp³-hybridized carbons (Fsp3) is 0.222. The van der Waals surface area contributed by atoms with Crippen LogP contribution >= 0.6 is 23.2 Å². The molecule has 0 amide bonds. The average Bonchev–Trinajstić information content (AvgIpc) is 2.12. The molecule has 0 aromatic heterocycles. The number of hydrogen-bond acceptors (Lipinski definition) is 1. The molecule has 0 aliphatic rings. The Morgan fingerprint density at radius 2 is 1.93 bits per heavy atom. The Bertz CT molecular complexity index is 319. The van der Waals surface area contributed by atoms with Crippen molar-refractivity contribution in [2.75, 3.05) is 11.9 Å². The van der Waals surface area contributed by atoms with Crippen molar-refractivity contribution in [2.24, 2.45) is 0 Å². The summed E-state index contributed by atoms with van der Waals surface area (Å²) >= 11 is 11.8. The fourth-order valence-electron chi connectivity index (χ4n) is 0.963. The van der Waals surface area contributed by atoms with Gasteiger partial charge in [0.1, 0.15) is 0 Å². The monoisotopic (exact) mass is 231 g/mol. The molecule has 1 aromatic carbocycles. The lowest BCUT2D eigenvalue weighted by atomic mass is 10.3. The van der Waals surface area contributed by atoms with Gasteiger partial charge in [0.25, 0.3) is 0 Å². The highest BCUT2D eigenvalue weighted by Gasteiger charge is 2.05. The van der Waals surface area contributed by atoms with Crippen molar-refractivity contribution in [3.05, 3.63) is 28.2 Å². The van der Waals surface area contributed by atoms with Gasteiger partial charge in [0, 0.05) is 6.54 Å². The van der Waals surface area contributed by atoms with Crippen LogP contribution in [0.2, 0.25) is 10.0 Å². The molecule has 0 aliphatic carbocycles. The summed E-state index contributed by atoms with van der Waals surface area (Å²) in [5.74, 6) is 0.183. The maximum atomic E-state index is 7.48. The maximum absolute atomic E-state index is 7.48. The highest BCUT2D eigenvalue weighted by molar-refractivity contribution is 6.39. The average molecular weight is 232 g/mol. The van der Waals surface area contributed by atoms with Gasteiger partial charge in [0.15, 0.2) is 5.96 Å². The van der Waals surface area contributed by atoms with Gasteiger partial charge in [0.2, 0.25) is 0 Å². The molecular weight excluding hydrogens is 221 g/mol. The maximum Gasteiger partial charge on any atom is 0.192 e. The standard InChI is InChI=1S/C9H11Cl2N3/c1-2-13-9(12)14-8-6(10)4-3-5-7(8)11/h3-5H,2H2,1H3,(H3,12,13,14). The van der Waals surface area contributed by atoms with Crippen LogP contribution in [-0.2, 0) is 0 Å². The van der Waals surface area contributed by atoms with E-state index in [0.717, 1.165) is 0 Å². The minimum Gasteiger partial charge on any atom is -0.357 e. The lowest BCUT2D eigenvalue weighted by Crippen LogP contribution is -2.29. The Balaban J connectivity index is 2.80. The summed E-state index contributed by atoms with van der Waals surface area (Å²) in [7, 11) is 0. The number of guanidine groups is 1. The summed E-state index contributed by atoms with van der Waals surface area (Å²) in [5.41, 5.74) is 0.557. The van der Waals surface area contributed by atoms with Gasteiger partial charge < -0.3 is 10.6 Å². The van der Waals surface area contributed by atoms with E-state index in [4.69, 9.17) is 28.6 Å². The third-order valence-electron chi connectivity index (χ3n) is 1.57. The molecule has 5 heteroatoms. The van der Waals surface area contributed by atoms with Crippen molar-refractivity contribution in [2.45, 2.75) is 6.92 Å². The summed E-state index contributed by atoms with van der Waals surface area (Å²) < 4.78 is 0. The number of para-hydroxylation sites is 1. The highest BCUT2D eigenvalue weighted by atomic mass is 35.5. The summed E-state index contributed by atoms with van der Waals surface area (Å²) in [6.07, 6.45) is 0. The molecule has 3 N–H and O–H groups in total. The minimum absolute atomic E-state index is 0.183. The van der Waals surface area contributed by atoms with Crippen LogP contribution in [0.1, 0.15) is 6.92 Å². The van der Waals surface area contributed by atoms with E-state index < -0.39 is 0 Å². The van der Waals surface area contributed by atoms with Gasteiger partial charge in [-0.2, -0.15) is 0 Å². The van der Waals surface area contributed by atoms with Crippen molar-refractivity contribution < 1.29 is 0 Å². The zero-order valence-electron chi connectivity index (χ0n) is 7.70. The van der Waals surface area contributed by atoms with Gasteiger partial charge in [-0.3, -0.25) is 5.41 Å². The third-order valence-corrected chi connectivity index (χ3v) is 2.20. The van der Waals surface area contributed by atoms with Crippen molar-refractivity contribution >= 4 is 34.8 Å². The molecular formula is C9H11Cl2N3. The molecule has 0 aliphatic heterocycles. The molecule has 0 saturated heterocycles. The summed E-state index contributed by atoms with van der Waals surface area (Å²) in [6.45, 7) is 2.58. The zero-order chi connectivity index (χ0) is 10.6. The quantitative estimate of drug-likeness (QED) is 0.542. The van der Waals surface area contributed by atoms with E-state index in [-0.39, 0.29) is 5.96 Å². The first-order valence-electron chi connectivity index (χ1n) is 4.18. The SMILES string of the molecule is CCNC(=N)Nc1c(Cl)cccc1Cl. The van der Waals surface area contributed by atoms with Crippen molar-refractivity contribution in [1.29, 1.82) is 5.41 Å². The van der Waals surface area contributed by atoms with E-state index in [1.807, 2.05) is 6.92 Å². The van der Waals surface area contributed by atoms with Crippen LogP contribution in [0, 0.1) is 5.41 Å². The van der Waals surface area contributed by atoms with Crippen molar-refractivity contribution in [3.63, 3.8) is 0 Å². The Labute approximate surface area is 92.9 Å². The second kappa shape index (κ2) is 5.08. The number of halogens is 2. The lowest BCUT2D eigenvalue weighted by Gasteiger charge is -2.11. The van der Waals surface area contributed by atoms with E-state index in [9.17, 15) is 0 Å². The van der Waals surface area contributed by atoms with Crippen LogP contribution in [0.25, 0.3) is 0 Å². The Morgan fingerprint density at radius 3 is 2.43 bits per heavy atom. The molecule has 0 spiro atoms. The Kier molecular flexibility index (Phi) is 4.04. The van der Waals surface area contributed by atoms with Crippen LogP contribution in [0.15, 0.2) is 18.2 Å². The van der Waals surface area contributed by atoms with E-state index >= 15 is 0 Å². The van der Waals surface area contributed by atoms with Crippen LogP contribution in [0.3, 0.4) is 0 Å². The van der Waals surface area contributed by atoms with Crippen molar-refractivity contribution in [1.82, 2.24) is 5.32 Å². The number of nitrogens with one attached hydrogen (secondary N) is 3. The van der Waals surface area contributed by atoms with Gasteiger partial charge in [-0.15, -0.1) is 0 Å². The summed E-state index contributed by atoms with van der Waals surface area (Å²) in [6, 6.07) is 5.19. The molecule has 0 bridgehead atoms. The topological polar surface area (TPSA) is 47.9 Å². The number of benzene rings is 1. The molecule has 1 rings (SSSR count). The number of anilines is 1. The molecule has 0 radical (unpaired) electrons. The van der Waals surface area contributed by atoms with E-state index in [1.54, 1.807) is 18.2 Å². The molecule has 0 saturated carbocycles. The summed E-state index contributed by atoms with van der Waals surface area (Å²) in [4.78, 5) is 0. The van der Waals surface area contributed by atoms with Gasteiger partial charge in [-0.1, -0.05) is 29.3 Å². The van der Waals surface area contributed by atoms with Crippen molar-refractivity contribution in [3.8, 4) is 0 Å². The number of hydrogen-bond donors (Lipinski definition) is 3. The van der Waals surface area contributed by atoms with Crippen LogP contribution in [0.4, 0.5) is 5.69 Å². The molecule has 1 aromatic rings. The molecule has 0 unspecified atom stereocenters. The Hall–Kier alpha value is -0.930. The smallest absolute Gasteiger partial charge is 0.192 e. The molecule has 0 fully saturated rings. The summed E-state index contributed by atoms with van der Waals surface area (Å²) in [5, 5.41) is 14.1. The fourth-order valence-corrected chi connectivity index (χ4v) is 1.46. The first-order chi connectivity index (χ1) is 6.65. The minimum atomic E-state index is 0.183. The van der Waals surface area contributed by atoms with Crippen LogP contribution in [-0.4, -0.2) is 12.5 Å². The van der Waals surface area contributed by atoms with Gasteiger partial charge in [-0.25, -0.2) is 0 Å². The predicted molar refractivity (Wildman–Crippen MR) is 61.5 cm³/mol. The first-order valence-corrected chi connectivity index (χ1v) is 4.94. The number of rotatable bonds is 2. The second-order valence-electron chi connectivity index (χ2n) is 2.63. The van der Waals surface area contributed by atoms with Gasteiger partial charge in [0.05, 0.1) is 15.7 Å². The van der Waals surface area contributed by atoms with E-state index in [2.05, 4.69) is 10.6 Å². The zero-order valence-corrected chi connectivity index (χ0v) is 9.21. The van der Waals surface area contributed by atoms with Gasteiger partial charge in [-0.05, 0) is 19.1 Å². The first kappa shape index (κ1) is 11.1. The van der Waals surface area contributed by atoms with E-state index in [1.165, 1.54) is 0 Å². The molecule has 14 heavy (non-hydrogen) atoms. The molecule has 0 atom stereocenters. The van der Waals surface area contributed by atoms with Crippen LogP contribution in [0.5, 0.6) is 0 Å². The normalized spacial score (nSPS) is 9.64. The van der Waals surface area contributed by atoms with Gasteiger partial charge >= 0.3 is 0 Å². The lowest BCUT2D eigenvalue weighted by molar-refractivity contribution is 0.954. The Morgan fingerprint density at radius 1 is 1.36 bits per heavy atom. The molecule has 0 heterocycles. The molecule has 3 nitrogen and oxygen atoms in total. The largest absolute Gasteiger partial charge is 0.357 e. The third kappa shape index (κ3) is 2.79. The molecule has 76 valence electrons. The second-order valence-corrected chi connectivity index (χ2v) is 3.44. The highest BCUT2D eigenvalue weighted by Crippen LogP contribution is 2.29. The van der Waals surface area contributed by atoms with Crippen LogP contribution < -0.4 is 10.6 Å². The predicted octanol–water partition coefficient (Wildman–Crippen LogP) is 2.95.